The van der Waals surface area contributed by atoms with E-state index in [4.69, 9.17) is 0 Å². The molecule has 0 unspecified atom stereocenters. The van der Waals surface area contributed by atoms with Crippen molar-refractivity contribution in [3.8, 4) is 11.8 Å². The molecule has 8 nitrogen and oxygen atoms in total. The highest BCUT2D eigenvalue weighted by atomic mass is 32.2. The van der Waals surface area contributed by atoms with E-state index in [1.807, 2.05) is 30.3 Å². The third-order valence-corrected chi connectivity index (χ3v) is 5.94. The van der Waals surface area contributed by atoms with Gasteiger partial charge in [-0.1, -0.05) is 6.07 Å². The molecule has 0 spiro atoms. The number of hydrogen-bond acceptors (Lipinski definition) is 7. The Morgan fingerprint density at radius 1 is 0.969 bits per heavy atom. The van der Waals surface area contributed by atoms with Crippen LogP contribution in [-0.4, -0.2) is 39.2 Å². The Morgan fingerprint density at radius 3 is 2.62 bits per heavy atom. The number of nitrogens with zero attached hydrogens (tertiary/aromatic N) is 5. The molecule has 4 heterocycles. The van der Waals surface area contributed by atoms with Crippen molar-refractivity contribution >= 4 is 37.8 Å². The van der Waals surface area contributed by atoms with E-state index in [2.05, 4.69) is 37.2 Å². The summed E-state index contributed by atoms with van der Waals surface area (Å²) in [5.41, 5.74) is 2.76. The summed E-state index contributed by atoms with van der Waals surface area (Å²) in [5.74, 6) is 6.85. The van der Waals surface area contributed by atoms with Crippen molar-refractivity contribution in [1.82, 2.24) is 24.6 Å². The van der Waals surface area contributed by atoms with E-state index in [1.165, 1.54) is 12.6 Å². The van der Waals surface area contributed by atoms with Gasteiger partial charge in [0.2, 0.25) is 0 Å². The second-order valence-corrected chi connectivity index (χ2v) is 9.08. The van der Waals surface area contributed by atoms with Gasteiger partial charge in [0.25, 0.3) is 0 Å². The molecule has 0 saturated carbocycles. The lowest BCUT2D eigenvalue weighted by Gasteiger charge is -2.08. The van der Waals surface area contributed by atoms with Crippen molar-refractivity contribution in [2.75, 3.05) is 11.6 Å². The van der Waals surface area contributed by atoms with E-state index in [0.717, 1.165) is 22.1 Å². The van der Waals surface area contributed by atoms with Gasteiger partial charge in [0.1, 0.15) is 23.5 Å². The van der Waals surface area contributed by atoms with Gasteiger partial charge in [-0.15, -0.1) is 0 Å². The maximum atomic E-state index is 11.6. The fraction of sp³-hybridized carbons (Fsp3) is 0.0435. The third-order valence-electron chi connectivity index (χ3n) is 4.81. The summed E-state index contributed by atoms with van der Waals surface area (Å²) < 4.78 is 25.0. The second kappa shape index (κ2) is 7.76. The number of aromatic nitrogens is 5. The van der Waals surface area contributed by atoms with Crippen LogP contribution in [0.4, 0.5) is 11.5 Å². The average molecular weight is 440 g/mol. The molecule has 0 atom stereocenters. The molecule has 0 saturated heterocycles. The van der Waals surface area contributed by atoms with E-state index in [1.54, 1.807) is 41.2 Å². The number of anilines is 2. The van der Waals surface area contributed by atoms with E-state index in [0.29, 0.717) is 17.2 Å². The molecule has 5 rings (SSSR count). The lowest BCUT2D eigenvalue weighted by molar-refractivity contribution is 0.602. The van der Waals surface area contributed by atoms with Crippen molar-refractivity contribution < 1.29 is 8.42 Å². The molecule has 0 fully saturated rings. The van der Waals surface area contributed by atoms with Crippen LogP contribution in [0.2, 0.25) is 0 Å². The molecule has 1 N–H and O–H groups in total. The lowest BCUT2D eigenvalue weighted by atomic mass is 10.1. The second-order valence-electron chi connectivity index (χ2n) is 7.06. The van der Waals surface area contributed by atoms with E-state index in [9.17, 15) is 8.42 Å². The van der Waals surface area contributed by atoms with Gasteiger partial charge < -0.3 is 5.32 Å². The van der Waals surface area contributed by atoms with E-state index < -0.39 is 9.84 Å². The van der Waals surface area contributed by atoms with Crippen molar-refractivity contribution in [3.63, 3.8) is 0 Å². The summed E-state index contributed by atoms with van der Waals surface area (Å²) in [4.78, 5) is 13.3. The molecule has 9 heteroatoms. The van der Waals surface area contributed by atoms with Crippen LogP contribution in [0.15, 0.2) is 78.2 Å². The molecule has 156 valence electrons. The molecule has 32 heavy (non-hydrogen) atoms. The van der Waals surface area contributed by atoms with Gasteiger partial charge in [0.05, 0.1) is 4.90 Å². The minimum absolute atomic E-state index is 0.263. The van der Waals surface area contributed by atoms with Crippen molar-refractivity contribution in [1.29, 1.82) is 0 Å². The third kappa shape index (κ3) is 3.87. The summed E-state index contributed by atoms with van der Waals surface area (Å²) >= 11 is 0. The molecule has 0 amide bonds. The zero-order valence-electron chi connectivity index (χ0n) is 16.9. The number of nitrogens with one attached hydrogen (secondary N) is 1. The number of benzene rings is 1. The molecular weight excluding hydrogens is 424 g/mol. The van der Waals surface area contributed by atoms with Gasteiger partial charge in [-0.05, 0) is 60.4 Å². The predicted molar refractivity (Wildman–Crippen MR) is 121 cm³/mol. The largest absolute Gasteiger partial charge is 0.340 e. The fourth-order valence-corrected chi connectivity index (χ4v) is 3.86. The van der Waals surface area contributed by atoms with Gasteiger partial charge in [-0.3, -0.25) is 0 Å². The van der Waals surface area contributed by atoms with Gasteiger partial charge in [0.15, 0.2) is 15.5 Å². The molecule has 0 bridgehead atoms. The minimum Gasteiger partial charge on any atom is -0.340 e. The summed E-state index contributed by atoms with van der Waals surface area (Å²) in [6, 6.07) is 15.9. The molecule has 5 aromatic rings. The van der Waals surface area contributed by atoms with Crippen molar-refractivity contribution in [3.05, 3.63) is 84.7 Å². The highest BCUT2D eigenvalue weighted by Crippen LogP contribution is 2.22. The zero-order valence-corrected chi connectivity index (χ0v) is 17.7. The Kier molecular flexibility index (Phi) is 4.77. The monoisotopic (exact) mass is 440 g/mol. The quantitative estimate of drug-likeness (QED) is 0.430. The Morgan fingerprint density at radius 2 is 1.81 bits per heavy atom. The van der Waals surface area contributed by atoms with Crippen LogP contribution < -0.4 is 5.32 Å². The maximum Gasteiger partial charge on any atom is 0.175 e. The Labute approximate surface area is 183 Å². The molecular formula is C23H16N6O2S. The Hall–Kier alpha value is -4.29. The smallest absolute Gasteiger partial charge is 0.175 e. The number of pyridine rings is 3. The van der Waals surface area contributed by atoms with Crippen LogP contribution >= 0.6 is 0 Å². The fourth-order valence-electron chi connectivity index (χ4n) is 3.23. The number of fused-ring (bicyclic) bond motifs is 2. The summed E-state index contributed by atoms with van der Waals surface area (Å²) in [5, 5.41) is 9.14. The van der Waals surface area contributed by atoms with Crippen LogP contribution in [0.25, 0.3) is 16.4 Å². The number of sulfone groups is 1. The first kappa shape index (κ1) is 19.7. The summed E-state index contributed by atoms with van der Waals surface area (Å²) in [7, 11) is -3.24. The van der Waals surface area contributed by atoms with E-state index >= 15 is 0 Å². The van der Waals surface area contributed by atoms with Gasteiger partial charge in [-0.2, -0.15) is 5.10 Å². The van der Waals surface area contributed by atoms with Crippen LogP contribution in [0.1, 0.15) is 11.4 Å². The van der Waals surface area contributed by atoms with Crippen molar-refractivity contribution in [2.45, 2.75) is 4.90 Å². The lowest BCUT2D eigenvalue weighted by Crippen LogP contribution is -1.98. The molecule has 4 aromatic heterocycles. The first-order chi connectivity index (χ1) is 15.5. The predicted octanol–water partition coefficient (Wildman–Crippen LogP) is 3.22. The standard InChI is InChI=1S/C23H16N6O2S/c1-32(30,31)19-8-5-17(6-9-19)28-22-13-20-16(14-25-22)11-12-24-21(20)10-7-18-3-2-4-23-26-15-27-29(18)23/h2-6,8-9,11-15H,1H3,(H,25,28). The SMILES string of the molecule is CS(=O)(=O)c1ccc(Nc2cc3c(C#Cc4cccc5ncnn45)nccc3cn2)cc1. The minimum atomic E-state index is -3.24. The van der Waals surface area contributed by atoms with Crippen molar-refractivity contribution in [2.24, 2.45) is 0 Å². The van der Waals surface area contributed by atoms with Crippen LogP contribution in [0, 0.1) is 11.8 Å². The normalized spacial score (nSPS) is 11.3. The van der Waals surface area contributed by atoms with Crippen LogP contribution in [0.3, 0.4) is 0 Å². The molecule has 0 aliphatic heterocycles. The summed E-state index contributed by atoms with van der Waals surface area (Å²) in [6.07, 6.45) is 6.11. The molecule has 1 aromatic carbocycles. The van der Waals surface area contributed by atoms with Crippen LogP contribution in [-0.2, 0) is 9.84 Å². The highest BCUT2D eigenvalue weighted by Gasteiger charge is 2.08. The van der Waals surface area contributed by atoms with Gasteiger partial charge in [-0.25, -0.2) is 27.9 Å². The number of hydrogen-bond donors (Lipinski definition) is 1. The maximum absolute atomic E-state index is 11.6. The summed E-state index contributed by atoms with van der Waals surface area (Å²) in [6.45, 7) is 0. The first-order valence-electron chi connectivity index (χ1n) is 9.60. The molecule has 0 aliphatic rings. The average Bonchev–Trinajstić information content (AvgIpc) is 3.27. The van der Waals surface area contributed by atoms with E-state index in [-0.39, 0.29) is 4.90 Å². The van der Waals surface area contributed by atoms with Gasteiger partial charge >= 0.3 is 0 Å². The molecule has 0 aliphatic carbocycles. The van der Waals surface area contributed by atoms with Gasteiger partial charge in [0, 0.05) is 35.1 Å². The first-order valence-corrected chi connectivity index (χ1v) is 11.5. The van der Waals surface area contributed by atoms with Crippen LogP contribution in [0.5, 0.6) is 0 Å². The highest BCUT2D eigenvalue weighted by molar-refractivity contribution is 7.90. The molecule has 0 radical (unpaired) electrons. The Bertz CT molecular complexity index is 1630. The topological polar surface area (TPSA) is 102 Å². The Balaban J connectivity index is 1.50. The number of rotatable bonds is 3. The zero-order chi connectivity index (χ0) is 22.1.